The van der Waals surface area contributed by atoms with E-state index in [9.17, 15) is 5.11 Å². The number of aliphatic hydroxyl groups excluding tert-OH is 1. The number of methoxy groups -OCH3 is 1. The van der Waals surface area contributed by atoms with E-state index in [1.165, 1.54) is 0 Å². The van der Waals surface area contributed by atoms with Crippen LogP contribution in [0.15, 0.2) is 18.2 Å². The normalized spacial score (nSPS) is 14.2. The number of hydrogen-bond donors (Lipinski definition) is 2. The first kappa shape index (κ1) is 16.8. The average Bonchev–Trinajstić information content (AvgIpc) is 2.42. The first-order chi connectivity index (χ1) is 9.43. The van der Waals surface area contributed by atoms with E-state index in [4.69, 9.17) is 19.9 Å². The van der Waals surface area contributed by atoms with E-state index in [1.807, 2.05) is 32.9 Å². The molecule has 0 saturated heterocycles. The lowest BCUT2D eigenvalue weighted by molar-refractivity contribution is -0.0125. The molecule has 5 heteroatoms. The van der Waals surface area contributed by atoms with Gasteiger partial charge in [0.1, 0.15) is 12.7 Å². The van der Waals surface area contributed by atoms with Gasteiger partial charge in [0.2, 0.25) is 0 Å². The summed E-state index contributed by atoms with van der Waals surface area (Å²) in [5.41, 5.74) is 6.79. The van der Waals surface area contributed by atoms with Crippen molar-refractivity contribution in [3.63, 3.8) is 0 Å². The fourth-order valence-electron chi connectivity index (χ4n) is 1.62. The molecule has 3 N–H and O–H groups in total. The van der Waals surface area contributed by atoms with E-state index in [2.05, 4.69) is 0 Å². The van der Waals surface area contributed by atoms with Gasteiger partial charge >= 0.3 is 0 Å². The Bertz CT molecular complexity index is 407. The molecule has 0 aliphatic rings. The monoisotopic (exact) mass is 283 g/mol. The van der Waals surface area contributed by atoms with Gasteiger partial charge in [-0.15, -0.1) is 0 Å². The fourth-order valence-corrected chi connectivity index (χ4v) is 1.62. The smallest absolute Gasteiger partial charge is 0.161 e. The number of nitrogens with two attached hydrogens (primary N) is 1. The molecule has 2 unspecified atom stereocenters. The standard InChI is InChI=1S/C15H25NO4/c1-10(2)19-8-13(17)9-20-14-6-5-12(11(3)16)7-15(14)18-4/h5-7,10-11,13,17H,8-9,16H2,1-4H3. The molecule has 1 aromatic carbocycles. The number of rotatable bonds is 8. The Morgan fingerprint density at radius 1 is 1.15 bits per heavy atom. The third-order valence-electron chi connectivity index (χ3n) is 2.77. The van der Waals surface area contributed by atoms with Crippen molar-refractivity contribution in [1.82, 2.24) is 0 Å². The topological polar surface area (TPSA) is 73.9 Å². The van der Waals surface area contributed by atoms with Crippen LogP contribution in [0.5, 0.6) is 11.5 Å². The Labute approximate surface area is 120 Å². The second-order valence-corrected chi connectivity index (χ2v) is 5.05. The van der Waals surface area contributed by atoms with Crippen molar-refractivity contribution < 1.29 is 19.3 Å². The van der Waals surface area contributed by atoms with Crippen LogP contribution >= 0.6 is 0 Å². The quantitative estimate of drug-likeness (QED) is 0.762. The molecule has 0 spiro atoms. The molecule has 1 rings (SSSR count). The van der Waals surface area contributed by atoms with Crippen LogP contribution in [0.25, 0.3) is 0 Å². The molecule has 0 saturated carbocycles. The molecular formula is C15H25NO4. The summed E-state index contributed by atoms with van der Waals surface area (Å²) in [5.74, 6) is 1.19. The van der Waals surface area contributed by atoms with E-state index in [-0.39, 0.29) is 25.4 Å². The predicted molar refractivity (Wildman–Crippen MR) is 78.2 cm³/mol. The molecule has 114 valence electrons. The van der Waals surface area contributed by atoms with Crippen molar-refractivity contribution in [3.05, 3.63) is 23.8 Å². The van der Waals surface area contributed by atoms with E-state index in [0.717, 1.165) is 5.56 Å². The Balaban J connectivity index is 2.59. The molecule has 0 amide bonds. The lowest BCUT2D eigenvalue weighted by Gasteiger charge is -2.17. The predicted octanol–water partition coefficient (Wildman–Crippen LogP) is 1.88. The minimum absolute atomic E-state index is 0.0667. The Hall–Kier alpha value is -1.30. The van der Waals surface area contributed by atoms with Crippen LogP contribution < -0.4 is 15.2 Å². The summed E-state index contributed by atoms with van der Waals surface area (Å²) < 4.78 is 16.2. The lowest BCUT2D eigenvalue weighted by Crippen LogP contribution is -2.25. The van der Waals surface area contributed by atoms with E-state index in [1.54, 1.807) is 13.2 Å². The highest BCUT2D eigenvalue weighted by molar-refractivity contribution is 5.43. The van der Waals surface area contributed by atoms with Gasteiger partial charge in [-0.1, -0.05) is 6.07 Å². The summed E-state index contributed by atoms with van der Waals surface area (Å²) in [7, 11) is 1.57. The molecule has 0 aromatic heterocycles. The SMILES string of the molecule is COc1cc(C(C)N)ccc1OCC(O)COC(C)C. The summed E-state index contributed by atoms with van der Waals surface area (Å²) in [6, 6.07) is 5.47. The van der Waals surface area contributed by atoms with Gasteiger partial charge < -0.3 is 25.1 Å². The maximum atomic E-state index is 9.75. The zero-order valence-electron chi connectivity index (χ0n) is 12.6. The number of benzene rings is 1. The minimum Gasteiger partial charge on any atom is -0.493 e. The first-order valence-electron chi connectivity index (χ1n) is 6.80. The Morgan fingerprint density at radius 2 is 1.85 bits per heavy atom. The number of aliphatic hydroxyl groups is 1. The lowest BCUT2D eigenvalue weighted by atomic mass is 10.1. The van der Waals surface area contributed by atoms with Crippen LogP contribution in [0, 0.1) is 0 Å². The van der Waals surface area contributed by atoms with Crippen molar-refractivity contribution in [2.75, 3.05) is 20.3 Å². The maximum Gasteiger partial charge on any atom is 0.161 e. The van der Waals surface area contributed by atoms with Crippen LogP contribution in [0.2, 0.25) is 0 Å². The molecule has 0 fully saturated rings. The molecule has 20 heavy (non-hydrogen) atoms. The third-order valence-corrected chi connectivity index (χ3v) is 2.77. The molecule has 2 atom stereocenters. The van der Waals surface area contributed by atoms with Crippen LogP contribution in [-0.4, -0.2) is 37.6 Å². The molecule has 1 aromatic rings. The highest BCUT2D eigenvalue weighted by Crippen LogP contribution is 2.29. The van der Waals surface area contributed by atoms with Gasteiger partial charge in [-0.2, -0.15) is 0 Å². The molecule has 0 bridgehead atoms. The summed E-state index contributed by atoms with van der Waals surface area (Å²) in [6.07, 6.45) is -0.584. The van der Waals surface area contributed by atoms with Gasteiger partial charge in [0.25, 0.3) is 0 Å². The zero-order valence-corrected chi connectivity index (χ0v) is 12.6. The van der Waals surface area contributed by atoms with Crippen LogP contribution in [0.3, 0.4) is 0 Å². The fraction of sp³-hybridized carbons (Fsp3) is 0.600. The van der Waals surface area contributed by atoms with Gasteiger partial charge in [0, 0.05) is 6.04 Å². The van der Waals surface area contributed by atoms with Crippen molar-refractivity contribution >= 4 is 0 Å². The Morgan fingerprint density at radius 3 is 2.40 bits per heavy atom. The van der Waals surface area contributed by atoms with Crippen molar-refractivity contribution in [3.8, 4) is 11.5 Å². The van der Waals surface area contributed by atoms with Crippen LogP contribution in [0.1, 0.15) is 32.4 Å². The highest BCUT2D eigenvalue weighted by Gasteiger charge is 2.11. The van der Waals surface area contributed by atoms with Crippen LogP contribution in [0.4, 0.5) is 0 Å². The highest BCUT2D eigenvalue weighted by atomic mass is 16.5. The molecule has 5 nitrogen and oxygen atoms in total. The van der Waals surface area contributed by atoms with Crippen molar-refractivity contribution in [2.45, 2.75) is 39.0 Å². The largest absolute Gasteiger partial charge is 0.493 e. The van der Waals surface area contributed by atoms with Gasteiger partial charge in [-0.25, -0.2) is 0 Å². The molecule has 0 radical (unpaired) electrons. The van der Waals surface area contributed by atoms with Gasteiger partial charge in [-0.3, -0.25) is 0 Å². The third kappa shape index (κ3) is 5.36. The first-order valence-corrected chi connectivity index (χ1v) is 6.80. The van der Waals surface area contributed by atoms with Gasteiger partial charge in [0.05, 0.1) is 19.8 Å². The number of ether oxygens (including phenoxy) is 3. The summed E-state index contributed by atoms with van der Waals surface area (Å²) >= 11 is 0. The van der Waals surface area contributed by atoms with E-state index in [0.29, 0.717) is 11.5 Å². The summed E-state index contributed by atoms with van der Waals surface area (Å²) in [4.78, 5) is 0. The molecular weight excluding hydrogens is 258 g/mol. The van der Waals surface area contributed by atoms with Gasteiger partial charge in [-0.05, 0) is 38.5 Å². The van der Waals surface area contributed by atoms with Crippen LogP contribution in [-0.2, 0) is 4.74 Å². The maximum absolute atomic E-state index is 9.75. The molecule has 0 aliphatic heterocycles. The van der Waals surface area contributed by atoms with E-state index >= 15 is 0 Å². The molecule has 0 heterocycles. The zero-order chi connectivity index (χ0) is 15.1. The second-order valence-electron chi connectivity index (χ2n) is 5.05. The second kappa shape index (κ2) is 8.09. The van der Waals surface area contributed by atoms with Gasteiger partial charge in [0.15, 0.2) is 11.5 Å². The van der Waals surface area contributed by atoms with Crippen molar-refractivity contribution in [2.24, 2.45) is 5.73 Å². The van der Waals surface area contributed by atoms with Crippen molar-refractivity contribution in [1.29, 1.82) is 0 Å². The Kier molecular flexibility index (Phi) is 6.78. The number of hydrogen-bond acceptors (Lipinski definition) is 5. The molecule has 0 aliphatic carbocycles. The average molecular weight is 283 g/mol. The minimum atomic E-state index is -0.671. The summed E-state index contributed by atoms with van der Waals surface area (Å²) in [5, 5.41) is 9.75. The van der Waals surface area contributed by atoms with E-state index < -0.39 is 6.10 Å². The summed E-state index contributed by atoms with van der Waals surface area (Å²) in [6.45, 7) is 6.15.